The normalized spacial score (nSPS) is 13.2. The van der Waals surface area contributed by atoms with E-state index < -0.39 is 11.8 Å². The van der Waals surface area contributed by atoms with Gasteiger partial charge in [0, 0.05) is 31.0 Å². The van der Waals surface area contributed by atoms with Gasteiger partial charge in [-0.15, -0.1) is 5.10 Å². The Morgan fingerprint density at radius 2 is 1.87 bits per heavy atom. The number of hydroxylamine groups is 1. The number of benzene rings is 2. The molecule has 1 aliphatic carbocycles. The summed E-state index contributed by atoms with van der Waals surface area (Å²) in [7, 11) is 0. The van der Waals surface area contributed by atoms with Crippen LogP contribution in [0.3, 0.4) is 0 Å². The summed E-state index contributed by atoms with van der Waals surface area (Å²) < 4.78 is 1.65. The molecule has 3 aromatic rings. The molecule has 0 aliphatic heterocycles. The first-order chi connectivity index (χ1) is 18.4. The van der Waals surface area contributed by atoms with Crippen LogP contribution in [0.15, 0.2) is 48.7 Å². The highest BCUT2D eigenvalue weighted by Gasteiger charge is 2.26. The average molecular weight is 519 g/mol. The SMILES string of the molecule is CCC(C)C(CC(=O)NO)C(=O)NCc1cn(CCCC(=O)Nc2ccc3c(c2)Cc2ccccc2-3)nn1. The van der Waals surface area contributed by atoms with Crippen LogP contribution < -0.4 is 16.1 Å². The van der Waals surface area contributed by atoms with E-state index in [1.807, 2.05) is 38.1 Å². The molecule has 1 heterocycles. The van der Waals surface area contributed by atoms with Crippen LogP contribution in [0.4, 0.5) is 5.69 Å². The van der Waals surface area contributed by atoms with Gasteiger partial charge >= 0.3 is 0 Å². The van der Waals surface area contributed by atoms with Crippen molar-refractivity contribution in [3.05, 3.63) is 65.5 Å². The number of hydrogen-bond acceptors (Lipinski definition) is 6. The van der Waals surface area contributed by atoms with Crippen LogP contribution in [0.25, 0.3) is 11.1 Å². The molecule has 4 rings (SSSR count). The highest BCUT2D eigenvalue weighted by atomic mass is 16.5. The van der Waals surface area contributed by atoms with E-state index in [2.05, 4.69) is 39.1 Å². The number of nitrogens with zero attached hydrogens (tertiary/aromatic N) is 3. The van der Waals surface area contributed by atoms with E-state index in [4.69, 9.17) is 5.21 Å². The molecule has 3 amide bonds. The Kier molecular flexibility index (Phi) is 8.85. The zero-order chi connectivity index (χ0) is 27.1. The highest BCUT2D eigenvalue weighted by molar-refractivity contribution is 5.91. The number of anilines is 1. The van der Waals surface area contributed by atoms with Crippen molar-refractivity contribution in [3.8, 4) is 11.1 Å². The maximum absolute atomic E-state index is 12.6. The largest absolute Gasteiger partial charge is 0.350 e. The van der Waals surface area contributed by atoms with Crippen LogP contribution in [0.2, 0.25) is 0 Å². The molecule has 0 saturated carbocycles. The van der Waals surface area contributed by atoms with Crippen molar-refractivity contribution in [1.29, 1.82) is 0 Å². The summed E-state index contributed by atoms with van der Waals surface area (Å²) in [6, 6.07) is 14.4. The fourth-order valence-corrected chi connectivity index (χ4v) is 4.77. The van der Waals surface area contributed by atoms with E-state index in [1.165, 1.54) is 22.3 Å². The molecule has 0 bridgehead atoms. The van der Waals surface area contributed by atoms with E-state index in [9.17, 15) is 14.4 Å². The first-order valence-corrected chi connectivity index (χ1v) is 13.0. The summed E-state index contributed by atoms with van der Waals surface area (Å²) in [4.78, 5) is 36.7. The summed E-state index contributed by atoms with van der Waals surface area (Å²) >= 11 is 0. The molecule has 2 atom stereocenters. The van der Waals surface area contributed by atoms with Crippen LogP contribution in [-0.2, 0) is 33.9 Å². The van der Waals surface area contributed by atoms with Crippen molar-refractivity contribution < 1.29 is 19.6 Å². The number of fused-ring (bicyclic) bond motifs is 3. The van der Waals surface area contributed by atoms with Crippen molar-refractivity contribution in [2.75, 3.05) is 5.32 Å². The third kappa shape index (κ3) is 6.63. The molecule has 200 valence electrons. The number of carbonyl (C=O) groups is 3. The molecule has 0 fully saturated rings. The van der Waals surface area contributed by atoms with Gasteiger partial charge in [-0.05, 0) is 53.1 Å². The minimum Gasteiger partial charge on any atom is -0.350 e. The van der Waals surface area contributed by atoms with Crippen molar-refractivity contribution in [3.63, 3.8) is 0 Å². The Morgan fingerprint density at radius 1 is 1.08 bits per heavy atom. The smallest absolute Gasteiger partial charge is 0.244 e. The number of nitrogens with one attached hydrogen (secondary N) is 3. The van der Waals surface area contributed by atoms with Gasteiger partial charge in [0.05, 0.1) is 12.7 Å². The number of hydrogen-bond donors (Lipinski definition) is 4. The van der Waals surface area contributed by atoms with Crippen LogP contribution >= 0.6 is 0 Å². The molecule has 1 aliphatic rings. The maximum Gasteiger partial charge on any atom is 0.244 e. The van der Waals surface area contributed by atoms with E-state index in [0.29, 0.717) is 25.1 Å². The third-order valence-corrected chi connectivity index (χ3v) is 7.10. The molecule has 1 aromatic heterocycles. The van der Waals surface area contributed by atoms with Gasteiger partial charge in [0.1, 0.15) is 5.69 Å². The monoisotopic (exact) mass is 518 g/mol. The summed E-state index contributed by atoms with van der Waals surface area (Å²) in [5.74, 6) is -1.51. The predicted octanol–water partition coefficient (Wildman–Crippen LogP) is 3.44. The van der Waals surface area contributed by atoms with E-state index >= 15 is 0 Å². The van der Waals surface area contributed by atoms with Gasteiger partial charge < -0.3 is 10.6 Å². The van der Waals surface area contributed by atoms with Gasteiger partial charge in [-0.1, -0.05) is 55.8 Å². The summed E-state index contributed by atoms with van der Waals surface area (Å²) in [6.07, 6.45) is 4.17. The lowest BCUT2D eigenvalue weighted by Crippen LogP contribution is -2.37. The Morgan fingerprint density at radius 3 is 2.66 bits per heavy atom. The Hall–Kier alpha value is -4.05. The van der Waals surface area contributed by atoms with Gasteiger partial charge in [0.25, 0.3) is 0 Å². The molecule has 0 spiro atoms. The summed E-state index contributed by atoms with van der Waals surface area (Å²) in [5, 5.41) is 22.7. The minimum absolute atomic E-state index is 0.0257. The fraction of sp³-hybridized carbons (Fsp3) is 0.393. The van der Waals surface area contributed by atoms with Gasteiger partial charge in [-0.25, -0.2) is 5.48 Å². The molecule has 2 unspecified atom stereocenters. The second kappa shape index (κ2) is 12.5. The third-order valence-electron chi connectivity index (χ3n) is 7.10. The number of aryl methyl sites for hydroxylation is 1. The molecular formula is C28H34N6O4. The summed E-state index contributed by atoms with van der Waals surface area (Å²) in [6.45, 7) is 4.53. The van der Waals surface area contributed by atoms with Crippen molar-refractivity contribution >= 4 is 23.4 Å². The van der Waals surface area contributed by atoms with E-state index in [-0.39, 0.29) is 30.7 Å². The number of aromatic nitrogens is 3. The van der Waals surface area contributed by atoms with Crippen LogP contribution in [0.5, 0.6) is 0 Å². The number of amides is 3. The van der Waals surface area contributed by atoms with Crippen molar-refractivity contribution in [2.24, 2.45) is 11.8 Å². The summed E-state index contributed by atoms with van der Waals surface area (Å²) in [5.41, 5.74) is 7.98. The highest BCUT2D eigenvalue weighted by Crippen LogP contribution is 2.37. The quantitative estimate of drug-likeness (QED) is 0.167. The lowest BCUT2D eigenvalue weighted by Gasteiger charge is -2.21. The molecule has 0 radical (unpaired) electrons. The lowest BCUT2D eigenvalue weighted by atomic mass is 9.88. The zero-order valence-corrected chi connectivity index (χ0v) is 21.7. The molecule has 38 heavy (non-hydrogen) atoms. The molecule has 10 heteroatoms. The standard InChI is InChI=1S/C28H34N6O4/c1-3-18(2)25(15-27(36)32-38)28(37)29-16-22-17-34(33-31-22)12-6-9-26(35)30-21-10-11-24-20(14-21)13-19-7-4-5-8-23(19)24/h4-5,7-8,10-11,14,17-18,25,38H,3,6,9,12-13,15-16H2,1-2H3,(H,29,37)(H,30,35)(H,32,36). The van der Waals surface area contributed by atoms with Crippen LogP contribution in [-0.4, -0.2) is 37.9 Å². The Balaban J connectivity index is 1.21. The lowest BCUT2D eigenvalue weighted by molar-refractivity contribution is -0.136. The van der Waals surface area contributed by atoms with Gasteiger partial charge in [0.2, 0.25) is 17.7 Å². The first kappa shape index (κ1) is 27.0. The van der Waals surface area contributed by atoms with E-state index in [0.717, 1.165) is 18.5 Å². The van der Waals surface area contributed by atoms with Gasteiger partial charge in [0.15, 0.2) is 0 Å². The van der Waals surface area contributed by atoms with Crippen LogP contribution in [0, 0.1) is 11.8 Å². The van der Waals surface area contributed by atoms with Crippen LogP contribution in [0.1, 0.15) is 56.4 Å². The second-order valence-electron chi connectivity index (χ2n) is 9.78. The fourth-order valence-electron chi connectivity index (χ4n) is 4.77. The molecule has 2 aromatic carbocycles. The second-order valence-corrected chi connectivity index (χ2v) is 9.78. The molecular weight excluding hydrogens is 484 g/mol. The van der Waals surface area contributed by atoms with E-state index in [1.54, 1.807) is 16.4 Å². The predicted molar refractivity (Wildman–Crippen MR) is 142 cm³/mol. The molecule has 4 N–H and O–H groups in total. The van der Waals surface area contributed by atoms with Crippen molar-refractivity contribution in [2.45, 2.75) is 59.0 Å². The molecule has 0 saturated heterocycles. The topological polar surface area (TPSA) is 138 Å². The maximum atomic E-state index is 12.6. The number of carbonyl (C=O) groups excluding carboxylic acids is 3. The van der Waals surface area contributed by atoms with Gasteiger partial charge in [-0.2, -0.15) is 0 Å². The zero-order valence-electron chi connectivity index (χ0n) is 21.7. The Labute approximate surface area is 221 Å². The van der Waals surface area contributed by atoms with Gasteiger partial charge in [-0.3, -0.25) is 24.3 Å². The first-order valence-electron chi connectivity index (χ1n) is 13.0. The minimum atomic E-state index is -0.595. The van der Waals surface area contributed by atoms with Crippen molar-refractivity contribution in [1.82, 2.24) is 25.8 Å². The average Bonchev–Trinajstić information content (AvgIpc) is 3.53. The Bertz CT molecular complexity index is 1300. The molecule has 10 nitrogen and oxygen atoms in total. The number of rotatable bonds is 12.